The second-order valence-corrected chi connectivity index (χ2v) is 8.03. The predicted molar refractivity (Wildman–Crippen MR) is 138 cm³/mol. The number of pyridine rings is 3. The van der Waals surface area contributed by atoms with Crippen molar-refractivity contribution in [2.45, 2.75) is 6.18 Å². The van der Waals surface area contributed by atoms with Crippen LogP contribution in [0.25, 0.3) is 16.7 Å². The van der Waals surface area contributed by atoms with E-state index in [0.29, 0.717) is 11.1 Å². The highest BCUT2D eigenvalue weighted by atomic mass is 19.4. The minimum absolute atomic E-state index is 0.164. The van der Waals surface area contributed by atoms with Gasteiger partial charge < -0.3 is 10.2 Å². The number of carbonyl (C=O) groups is 1. The number of rotatable bonds is 7. The van der Waals surface area contributed by atoms with Gasteiger partial charge in [-0.3, -0.25) is 14.8 Å². The number of alkyl halides is 3. The van der Waals surface area contributed by atoms with E-state index >= 15 is 0 Å². The van der Waals surface area contributed by atoms with Gasteiger partial charge in [-0.05, 0) is 59.2 Å². The maximum Gasteiger partial charge on any atom is 0.431 e. The topological polar surface area (TPSA) is 71.0 Å². The van der Waals surface area contributed by atoms with Gasteiger partial charge in [-0.1, -0.05) is 30.8 Å². The molecule has 0 spiro atoms. The molecule has 1 N–H and O–H groups in total. The number of hydrogen-bond donors (Lipinski definition) is 1. The Kier molecular flexibility index (Phi) is 7.43. The fourth-order valence-corrected chi connectivity index (χ4v) is 3.53. The Morgan fingerprint density at radius 2 is 1.62 bits per heavy atom. The number of hydrogen-bond acceptors (Lipinski definition) is 5. The predicted octanol–water partition coefficient (Wildman–Crippen LogP) is 6.39. The van der Waals surface area contributed by atoms with Crippen LogP contribution in [-0.4, -0.2) is 34.1 Å². The molecule has 0 aliphatic carbocycles. The number of amides is 1. The zero-order valence-corrected chi connectivity index (χ0v) is 19.8. The van der Waals surface area contributed by atoms with Gasteiger partial charge in [0, 0.05) is 43.0 Å². The van der Waals surface area contributed by atoms with Crippen molar-refractivity contribution in [2.24, 2.45) is 0 Å². The average molecular weight is 502 g/mol. The molecule has 0 aliphatic rings. The Bertz CT molecular complexity index is 1420. The molecule has 186 valence electrons. The quantitative estimate of drug-likeness (QED) is 0.297. The van der Waals surface area contributed by atoms with Crippen LogP contribution in [0.5, 0.6) is 0 Å². The molecule has 9 heteroatoms. The van der Waals surface area contributed by atoms with Crippen molar-refractivity contribution in [3.63, 3.8) is 0 Å². The van der Waals surface area contributed by atoms with Gasteiger partial charge in [0.15, 0.2) is 0 Å². The molecule has 0 unspecified atom stereocenters. The summed E-state index contributed by atoms with van der Waals surface area (Å²) >= 11 is 0. The van der Waals surface area contributed by atoms with Crippen molar-refractivity contribution in [1.29, 1.82) is 0 Å². The van der Waals surface area contributed by atoms with Gasteiger partial charge in [0.25, 0.3) is 5.91 Å². The summed E-state index contributed by atoms with van der Waals surface area (Å²) in [7, 11) is 1.29. The van der Waals surface area contributed by atoms with Crippen LogP contribution in [0.1, 0.15) is 15.9 Å². The van der Waals surface area contributed by atoms with Crippen molar-refractivity contribution < 1.29 is 18.0 Å². The number of anilines is 2. The van der Waals surface area contributed by atoms with Gasteiger partial charge in [-0.15, -0.1) is 0 Å². The molecular weight excluding hydrogens is 479 g/mol. The molecule has 0 bridgehead atoms. The van der Waals surface area contributed by atoms with Gasteiger partial charge in [-0.25, -0.2) is 4.98 Å². The Balaban J connectivity index is 1.50. The summed E-state index contributed by atoms with van der Waals surface area (Å²) in [5.41, 5.74) is 1.98. The number of nitrogens with zero attached hydrogens (tertiary/aromatic N) is 4. The molecular formula is C28H22F3N5O. The molecule has 3 aromatic heterocycles. The minimum Gasteiger partial charge on any atom is -0.339 e. The van der Waals surface area contributed by atoms with Gasteiger partial charge in [-0.2, -0.15) is 13.2 Å². The molecule has 0 atom stereocenters. The smallest absolute Gasteiger partial charge is 0.339 e. The van der Waals surface area contributed by atoms with Crippen molar-refractivity contribution in [3.05, 3.63) is 121 Å². The van der Waals surface area contributed by atoms with E-state index in [0.717, 1.165) is 22.1 Å². The number of benzene rings is 1. The third-order valence-corrected chi connectivity index (χ3v) is 5.49. The molecule has 4 aromatic rings. The van der Waals surface area contributed by atoms with Crippen molar-refractivity contribution in [3.8, 4) is 11.1 Å². The summed E-state index contributed by atoms with van der Waals surface area (Å²) < 4.78 is 41.6. The second kappa shape index (κ2) is 10.9. The maximum absolute atomic E-state index is 13.9. The van der Waals surface area contributed by atoms with E-state index in [9.17, 15) is 18.0 Å². The summed E-state index contributed by atoms with van der Waals surface area (Å²) in [6.07, 6.45) is 3.90. The first kappa shape index (κ1) is 25.3. The molecule has 1 aromatic carbocycles. The lowest BCUT2D eigenvalue weighted by molar-refractivity contribution is -0.0928. The van der Waals surface area contributed by atoms with E-state index in [1.54, 1.807) is 48.8 Å². The Labute approximate surface area is 211 Å². The minimum atomic E-state index is -4.65. The highest BCUT2D eigenvalue weighted by Crippen LogP contribution is 2.33. The van der Waals surface area contributed by atoms with Crippen molar-refractivity contribution in [2.75, 3.05) is 17.3 Å². The number of allylic oxidation sites excluding steroid dienone is 3. The van der Waals surface area contributed by atoms with E-state index < -0.39 is 17.8 Å². The average Bonchev–Trinajstić information content (AvgIpc) is 2.92. The highest BCUT2D eigenvalue weighted by molar-refractivity contribution is 6.04. The molecule has 1 amide bonds. The van der Waals surface area contributed by atoms with E-state index in [1.165, 1.54) is 37.8 Å². The fourth-order valence-electron chi connectivity index (χ4n) is 3.53. The summed E-state index contributed by atoms with van der Waals surface area (Å²) in [5.74, 6) is -0.200. The van der Waals surface area contributed by atoms with Crippen molar-refractivity contribution in [1.82, 2.24) is 15.0 Å². The summed E-state index contributed by atoms with van der Waals surface area (Å²) in [5, 5.41) is 2.67. The molecule has 37 heavy (non-hydrogen) atoms. The van der Waals surface area contributed by atoms with Crippen LogP contribution < -0.4 is 10.2 Å². The molecule has 0 fully saturated rings. The van der Waals surface area contributed by atoms with Crippen LogP contribution in [-0.2, 0) is 0 Å². The van der Waals surface area contributed by atoms with Crippen LogP contribution in [0.2, 0.25) is 0 Å². The van der Waals surface area contributed by atoms with Crippen LogP contribution in [0.4, 0.5) is 24.7 Å². The normalized spacial score (nSPS) is 11.6. The zero-order chi connectivity index (χ0) is 26.4. The molecule has 0 saturated heterocycles. The Morgan fingerprint density at radius 1 is 0.919 bits per heavy atom. The van der Waals surface area contributed by atoms with E-state index in [-0.39, 0.29) is 17.1 Å². The molecule has 0 saturated carbocycles. The maximum atomic E-state index is 13.9. The van der Waals surface area contributed by atoms with Crippen LogP contribution in [0.3, 0.4) is 0 Å². The Hall–Kier alpha value is -4.79. The third kappa shape index (κ3) is 6.26. The summed E-state index contributed by atoms with van der Waals surface area (Å²) in [6.45, 7) is 3.75. The van der Waals surface area contributed by atoms with Gasteiger partial charge >= 0.3 is 6.18 Å². The number of halogens is 3. The number of aromatic nitrogens is 3. The lowest BCUT2D eigenvalue weighted by Gasteiger charge is -2.25. The summed E-state index contributed by atoms with van der Waals surface area (Å²) in [6, 6.07) is 16.8. The SMILES string of the molecule is C=C(/C=C(\N(C)c1ccc(NC(=O)c2cccc(-c3cccnc3)c2)nc1)C(F)(F)F)c1cccnc1. The molecule has 0 radical (unpaired) electrons. The van der Waals surface area contributed by atoms with Crippen molar-refractivity contribution >= 4 is 23.0 Å². The first-order valence-corrected chi connectivity index (χ1v) is 11.1. The monoisotopic (exact) mass is 501 g/mol. The third-order valence-electron chi connectivity index (χ3n) is 5.49. The first-order chi connectivity index (χ1) is 17.7. The summed E-state index contributed by atoms with van der Waals surface area (Å²) in [4.78, 5) is 25.9. The first-order valence-electron chi connectivity index (χ1n) is 11.1. The van der Waals surface area contributed by atoms with E-state index in [4.69, 9.17) is 0 Å². The van der Waals surface area contributed by atoms with Crippen LogP contribution >= 0.6 is 0 Å². The molecule has 4 rings (SSSR count). The van der Waals surface area contributed by atoms with Crippen LogP contribution in [0, 0.1) is 0 Å². The highest BCUT2D eigenvalue weighted by Gasteiger charge is 2.37. The van der Waals surface area contributed by atoms with E-state index in [1.807, 2.05) is 12.1 Å². The van der Waals surface area contributed by atoms with Crippen LogP contribution in [0.15, 0.2) is 110 Å². The van der Waals surface area contributed by atoms with Gasteiger partial charge in [0.2, 0.25) is 0 Å². The molecule has 6 nitrogen and oxygen atoms in total. The number of carbonyl (C=O) groups excluding carboxylic acids is 1. The van der Waals surface area contributed by atoms with E-state index in [2.05, 4.69) is 26.8 Å². The second-order valence-electron chi connectivity index (χ2n) is 8.03. The number of nitrogens with one attached hydrogen (secondary N) is 1. The lowest BCUT2D eigenvalue weighted by atomic mass is 10.0. The fraction of sp³-hybridized carbons (Fsp3) is 0.0714. The lowest BCUT2D eigenvalue weighted by Crippen LogP contribution is -2.28. The molecule has 0 aliphatic heterocycles. The Morgan fingerprint density at radius 3 is 2.24 bits per heavy atom. The zero-order valence-electron chi connectivity index (χ0n) is 19.8. The molecule has 3 heterocycles. The largest absolute Gasteiger partial charge is 0.431 e. The van der Waals surface area contributed by atoms with Gasteiger partial charge in [0.05, 0.1) is 11.9 Å². The standard InChI is InChI=1S/C28H22F3N5O/c1-19(22-8-4-12-32-16-22)14-25(28(29,30)31)36(2)24-10-11-26(34-18-24)35-27(37)21-7-3-6-20(15-21)23-9-5-13-33-17-23/h3-18H,1H2,2H3,(H,34,35,37)/b25-14-. The van der Waals surface area contributed by atoms with Gasteiger partial charge in [0.1, 0.15) is 11.5 Å².